The number of methoxy groups -OCH3 is 1. The normalized spacial score (nSPS) is 32.9. The number of alkyl halides is 2. The largest absolute Gasteiger partial charge is 0.586 e. The van der Waals surface area contributed by atoms with E-state index in [0.717, 1.165) is 0 Å². The van der Waals surface area contributed by atoms with E-state index >= 15 is 4.39 Å². The summed E-state index contributed by atoms with van der Waals surface area (Å²) in [5.74, 6) is -7.35. The van der Waals surface area contributed by atoms with Gasteiger partial charge in [0.15, 0.2) is 12.9 Å². The highest BCUT2D eigenvalue weighted by atomic mass is 19.3. The summed E-state index contributed by atoms with van der Waals surface area (Å²) in [6, 6.07) is -9.66. The van der Waals surface area contributed by atoms with E-state index < -0.39 is 155 Å². The Bertz CT molecular complexity index is 2360. The van der Waals surface area contributed by atoms with Gasteiger partial charge >= 0.3 is 6.29 Å². The zero-order chi connectivity index (χ0) is 47.4. The molecule has 0 spiro atoms. The molecule has 1 unspecified atom stereocenters. The maximum absolute atomic E-state index is 16.8. The summed E-state index contributed by atoms with van der Waals surface area (Å²) in [5.41, 5.74) is -13.8. The number of hydrogen-bond acceptors (Lipinski definition) is 6. The minimum atomic E-state index is -4.59. The Kier molecular flexibility index (Phi) is 2.50. The number of hydrogen-bond donors (Lipinski definition) is 3. The SMILES string of the molecule is [2H]OC([2H])([2H])[C@]([2H])(O[2H])C([2H])([2H])n1c(C(C)(C([2H])([2H])[2H])C([2H])([2H])OC)c([2H])c2c([2H])c(N([2H])C(=O)C3(c4c([2H])c([2H])c5c(c4[2H])OC(F)(F)O5)C([2H])([2H])C3([2H])[2H])c(F)c([2H])c21. The average molecular weight is 558 g/mol. The highest BCUT2D eigenvalue weighted by Gasteiger charge is 2.53. The minimum absolute atomic E-state index is 0.369. The quantitative estimate of drug-likeness (QED) is 0.329. The molecule has 2 aliphatic rings. The first-order valence-corrected chi connectivity index (χ1v) is 10.2. The number of aromatic nitrogens is 1. The molecule has 3 aromatic rings. The van der Waals surface area contributed by atoms with Crippen molar-refractivity contribution in [3.63, 3.8) is 0 Å². The maximum atomic E-state index is 16.8. The smallest absolute Gasteiger partial charge is 0.395 e. The first-order valence-electron chi connectivity index (χ1n) is 21.5. The summed E-state index contributed by atoms with van der Waals surface area (Å²) in [6.07, 6.45) is -16.3. The van der Waals surface area contributed by atoms with Gasteiger partial charge < -0.3 is 34.3 Å². The van der Waals surface area contributed by atoms with Crippen molar-refractivity contribution in [1.82, 2.24) is 4.57 Å². The van der Waals surface area contributed by atoms with Gasteiger partial charge in [-0.3, -0.25) is 4.79 Å². The van der Waals surface area contributed by atoms with Crippen molar-refractivity contribution in [3.05, 3.63) is 53.3 Å². The Morgan fingerprint density at radius 1 is 1.42 bits per heavy atom. The van der Waals surface area contributed by atoms with Gasteiger partial charge in [0, 0.05) is 39.2 Å². The zero-order valence-electron chi connectivity index (χ0n) is 42.0. The molecule has 0 radical (unpaired) electrons. The van der Waals surface area contributed by atoms with Gasteiger partial charge in [0.2, 0.25) is 8.77 Å². The summed E-state index contributed by atoms with van der Waals surface area (Å²) < 4.78 is 251. The number of aliphatic hydroxyl groups is 2. The van der Waals surface area contributed by atoms with Crippen molar-refractivity contribution >= 4 is 22.5 Å². The molecule has 0 bridgehead atoms. The van der Waals surface area contributed by atoms with Crippen LogP contribution in [0.3, 0.4) is 0 Å². The lowest BCUT2D eigenvalue weighted by atomic mass is 9.90. The number of nitrogens with one attached hydrogen (secondary N) is 1. The van der Waals surface area contributed by atoms with Gasteiger partial charge in [-0.1, -0.05) is 19.8 Å². The molecule has 2 atom stereocenters. The molecule has 38 heavy (non-hydrogen) atoms. The number of carbonyl (C=O) groups is 1. The molecular weight excluding hydrogens is 505 g/mol. The number of nitrogens with zero attached hydrogens (tertiary/aromatic N) is 1. The molecule has 1 aliphatic heterocycles. The summed E-state index contributed by atoms with van der Waals surface area (Å²) in [7, 11) is 0.599. The number of ether oxygens (including phenoxy) is 3. The second kappa shape index (κ2) is 9.18. The molecule has 0 saturated heterocycles. The fourth-order valence-electron chi connectivity index (χ4n) is 3.47. The summed E-state index contributed by atoms with van der Waals surface area (Å²) in [4.78, 5) is 14.5. The van der Waals surface area contributed by atoms with Crippen molar-refractivity contribution in [1.29, 1.82) is 2.86 Å². The van der Waals surface area contributed by atoms with Crippen LogP contribution in [-0.2, 0) is 26.9 Å². The van der Waals surface area contributed by atoms with Crippen LogP contribution in [0.5, 0.6) is 11.5 Å². The summed E-state index contributed by atoms with van der Waals surface area (Å²) >= 11 is 0. The fourth-order valence-corrected chi connectivity index (χ4v) is 3.47. The number of carbonyl (C=O) groups excluding carboxylic acids is 1. The number of anilines is 1. The van der Waals surface area contributed by atoms with Crippen LogP contribution in [0.2, 0.25) is 1.41 Å². The van der Waals surface area contributed by atoms with E-state index in [4.69, 9.17) is 36.4 Å². The molecule has 204 valence electrons. The number of halogens is 3. The maximum Gasteiger partial charge on any atom is 0.586 e. The molecule has 3 N–H and O–H groups in total. The van der Waals surface area contributed by atoms with E-state index in [2.05, 4.69) is 19.7 Å². The zero-order valence-corrected chi connectivity index (χ0v) is 19.0. The molecule has 2 aromatic carbocycles. The van der Waals surface area contributed by atoms with Crippen molar-refractivity contribution < 1.29 is 71.2 Å². The van der Waals surface area contributed by atoms with E-state index in [1.165, 1.54) is 0 Å². The fraction of sp³-hybridized carbons (Fsp3) is 0.444. The summed E-state index contributed by atoms with van der Waals surface area (Å²) in [6.45, 7) is -15.5. The second-order valence-corrected chi connectivity index (χ2v) is 7.91. The Balaban J connectivity index is 1.96. The Morgan fingerprint density at radius 2 is 2.21 bits per heavy atom. The van der Waals surface area contributed by atoms with Gasteiger partial charge in [-0.25, -0.2) is 4.39 Å². The van der Waals surface area contributed by atoms with Crippen LogP contribution in [0, 0.1) is 5.82 Å². The molecule has 1 saturated carbocycles. The lowest BCUT2D eigenvalue weighted by Crippen LogP contribution is -2.30. The molecule has 1 aliphatic carbocycles. The molecule has 1 fully saturated rings. The van der Waals surface area contributed by atoms with Crippen molar-refractivity contribution in [2.45, 2.75) is 56.2 Å². The molecular formula is C27H29F3N2O6. The van der Waals surface area contributed by atoms with Gasteiger partial charge in [-0.05, 0) is 42.5 Å². The van der Waals surface area contributed by atoms with Crippen LogP contribution in [0.15, 0.2) is 36.3 Å². The number of rotatable bonds is 11. The first kappa shape index (κ1) is 10.4. The minimum Gasteiger partial charge on any atom is -0.395 e. The van der Waals surface area contributed by atoms with Gasteiger partial charge in [0.1, 0.15) is 5.82 Å². The van der Waals surface area contributed by atoms with Gasteiger partial charge in [0.25, 0.3) is 0 Å². The van der Waals surface area contributed by atoms with Gasteiger partial charge in [0.05, 0.1) is 60.1 Å². The van der Waals surface area contributed by atoms with E-state index in [-0.39, 0.29) is 4.57 Å². The summed E-state index contributed by atoms with van der Waals surface area (Å²) in [5, 5.41) is 5.60. The monoisotopic (exact) mass is 557 g/mol. The lowest BCUT2D eigenvalue weighted by molar-refractivity contribution is -0.286. The average Bonchev–Trinajstić information content (AvgIpc) is 3.45. The third-order valence-corrected chi connectivity index (χ3v) is 5.16. The molecule has 8 nitrogen and oxygen atoms in total. The van der Waals surface area contributed by atoms with Crippen molar-refractivity contribution in [2.24, 2.45) is 0 Å². The van der Waals surface area contributed by atoms with Crippen LogP contribution in [-0.4, -0.2) is 56.2 Å². The Labute approximate surface area is 249 Å². The van der Waals surface area contributed by atoms with E-state index in [0.29, 0.717) is 14.0 Å². The second-order valence-electron chi connectivity index (χ2n) is 7.91. The Hall–Kier alpha value is -3.28. The first-order chi connectivity index (χ1) is 27.3. The predicted octanol–water partition coefficient (Wildman–Crippen LogP) is 4.05. The Morgan fingerprint density at radius 3 is 2.89 bits per heavy atom. The highest BCUT2D eigenvalue weighted by molar-refractivity contribution is 6.02. The van der Waals surface area contributed by atoms with Gasteiger partial charge in [-0.15, -0.1) is 8.78 Å². The number of fused-ring (bicyclic) bond motifs is 2. The molecule has 5 rings (SSSR count). The number of benzene rings is 2. The third-order valence-electron chi connectivity index (χ3n) is 5.16. The van der Waals surface area contributed by atoms with E-state index in [1.807, 2.05) is 0 Å². The van der Waals surface area contributed by atoms with Crippen molar-refractivity contribution in [2.75, 3.05) is 25.5 Å². The molecule has 1 aromatic heterocycles. The number of amides is 1. The van der Waals surface area contributed by atoms with E-state index in [1.54, 1.807) is 0 Å². The van der Waals surface area contributed by atoms with Crippen LogP contribution in [0.1, 0.15) is 65.2 Å². The van der Waals surface area contributed by atoms with Gasteiger partial charge in [-0.2, -0.15) is 0 Å². The topological polar surface area (TPSA) is 102 Å². The lowest BCUT2D eigenvalue weighted by Gasteiger charge is -2.27. The van der Waals surface area contributed by atoms with E-state index in [9.17, 15) is 13.6 Å². The molecule has 1 amide bonds. The van der Waals surface area contributed by atoms with Crippen molar-refractivity contribution in [3.8, 4) is 11.5 Å². The van der Waals surface area contributed by atoms with Crippen LogP contribution in [0.25, 0.3) is 10.9 Å². The highest BCUT2D eigenvalue weighted by Crippen LogP contribution is 2.52. The van der Waals surface area contributed by atoms with Crippen LogP contribution in [0.4, 0.5) is 18.9 Å². The third kappa shape index (κ3) is 4.59. The van der Waals surface area contributed by atoms with Crippen LogP contribution < -0.4 is 14.8 Å². The molecule has 11 heteroatoms. The molecule has 2 heterocycles. The van der Waals surface area contributed by atoms with Crippen LogP contribution >= 0.6 is 0 Å². The predicted molar refractivity (Wildman–Crippen MR) is 132 cm³/mol. The standard InChI is InChI=1S/C27H29F3N2O6/c1-25(2,14-36-3)23-9-15-8-19(18(28)11-20(15)32(23)12-17(34)13-33)31-24(35)26(6-7-26)16-4-5-21-22(10-16)38-27(29,30)37-21/h4-5,8-11,17,33-34H,6-7,12-14H2,1-3H3,(H,31,35)/t17-/m1/s1/i1D3,4D,5D,6D2,7D2,8D,9D,10D,11D,12D2,13D2,14D2,17D,33D,34D/hD/t17-,25?.